The summed E-state index contributed by atoms with van der Waals surface area (Å²) in [5.74, 6) is -0.232. The second-order valence-electron chi connectivity index (χ2n) is 6.34. The fraction of sp³-hybridized carbons (Fsp3) is 0.238. The topological polar surface area (TPSA) is 49.0 Å². The van der Waals surface area contributed by atoms with Gasteiger partial charge in [0.05, 0.1) is 5.69 Å². The molecule has 1 aromatic heterocycles. The Bertz CT molecular complexity index is 891. The van der Waals surface area contributed by atoms with Crippen LogP contribution in [0.15, 0.2) is 59.5 Å². The Balaban J connectivity index is 1.51. The molecule has 0 saturated heterocycles. The molecule has 0 fully saturated rings. The van der Waals surface area contributed by atoms with E-state index in [0.717, 1.165) is 34.7 Å². The first-order valence-corrected chi connectivity index (χ1v) is 9.99. The van der Waals surface area contributed by atoms with E-state index in [4.69, 9.17) is 0 Å². The molecule has 1 heterocycles. The Morgan fingerprint density at radius 1 is 1.15 bits per heavy atom. The van der Waals surface area contributed by atoms with Crippen LogP contribution in [0.25, 0.3) is 11.3 Å². The Kier molecular flexibility index (Phi) is 6.29. The molecule has 2 aromatic carbocycles. The van der Waals surface area contributed by atoms with E-state index in [0.29, 0.717) is 12.1 Å². The second-order valence-corrected chi connectivity index (χ2v) is 7.22. The summed E-state index contributed by atoms with van der Waals surface area (Å²) in [5, 5.41) is 7.30. The third-order valence-electron chi connectivity index (χ3n) is 4.39. The normalized spacial score (nSPS) is 10.8. The van der Waals surface area contributed by atoms with E-state index in [1.165, 1.54) is 12.1 Å². The van der Waals surface area contributed by atoms with Crippen LogP contribution in [0.3, 0.4) is 0 Å². The highest BCUT2D eigenvalue weighted by Crippen LogP contribution is 2.19. The fourth-order valence-corrected chi connectivity index (χ4v) is 3.23. The van der Waals surface area contributed by atoms with Gasteiger partial charge in [-0.1, -0.05) is 0 Å². The number of thioether (sulfide) groups is 1. The number of aromatic amines is 1. The van der Waals surface area contributed by atoms with Gasteiger partial charge in [-0.15, -0.1) is 11.8 Å². The summed E-state index contributed by atoms with van der Waals surface area (Å²) in [6.45, 7) is 0.661. The highest BCUT2D eigenvalue weighted by Gasteiger charge is 2.12. The number of H-pyrrole nitrogens is 1. The van der Waals surface area contributed by atoms with E-state index >= 15 is 0 Å². The average molecular weight is 383 g/mol. The maximum atomic E-state index is 13.0. The van der Waals surface area contributed by atoms with Crippen molar-refractivity contribution in [3.63, 3.8) is 0 Å². The molecule has 0 bridgehead atoms. The van der Waals surface area contributed by atoms with Gasteiger partial charge < -0.3 is 4.90 Å². The quantitative estimate of drug-likeness (QED) is 0.605. The van der Waals surface area contributed by atoms with Crippen LogP contribution in [0.2, 0.25) is 0 Å². The van der Waals surface area contributed by atoms with E-state index in [1.807, 2.05) is 43.6 Å². The number of amides is 1. The largest absolute Gasteiger partial charge is 0.342 e. The van der Waals surface area contributed by atoms with Crippen molar-refractivity contribution in [2.75, 3.05) is 19.8 Å². The van der Waals surface area contributed by atoms with Crippen molar-refractivity contribution in [1.82, 2.24) is 15.1 Å². The van der Waals surface area contributed by atoms with Crippen LogP contribution in [0.1, 0.15) is 22.5 Å². The maximum Gasteiger partial charge on any atom is 0.253 e. The summed E-state index contributed by atoms with van der Waals surface area (Å²) >= 11 is 1.66. The summed E-state index contributed by atoms with van der Waals surface area (Å²) in [6, 6.07) is 15.9. The molecule has 0 saturated carbocycles. The molecule has 4 nitrogen and oxygen atoms in total. The molecule has 3 rings (SSSR count). The van der Waals surface area contributed by atoms with Crippen molar-refractivity contribution >= 4 is 17.7 Å². The highest BCUT2D eigenvalue weighted by atomic mass is 32.2. The fourth-order valence-electron chi connectivity index (χ4n) is 2.82. The lowest BCUT2D eigenvalue weighted by Crippen LogP contribution is -2.28. The van der Waals surface area contributed by atoms with Crippen LogP contribution >= 0.6 is 11.8 Å². The van der Waals surface area contributed by atoms with E-state index < -0.39 is 0 Å². The van der Waals surface area contributed by atoms with E-state index in [1.54, 1.807) is 28.8 Å². The molecule has 140 valence electrons. The minimum absolute atomic E-state index is 0.0271. The van der Waals surface area contributed by atoms with Gasteiger partial charge in [0, 0.05) is 35.3 Å². The SMILES string of the molecule is CSc1ccc(C(=O)N(C)CCCc2cc(-c3ccc(F)cc3)n[nH]2)cc1. The number of benzene rings is 2. The smallest absolute Gasteiger partial charge is 0.253 e. The Morgan fingerprint density at radius 3 is 2.52 bits per heavy atom. The van der Waals surface area contributed by atoms with Crippen LogP contribution in [0.5, 0.6) is 0 Å². The lowest BCUT2D eigenvalue weighted by Gasteiger charge is -2.17. The number of halogens is 1. The molecule has 1 N–H and O–H groups in total. The lowest BCUT2D eigenvalue weighted by atomic mass is 10.1. The van der Waals surface area contributed by atoms with Gasteiger partial charge in [-0.2, -0.15) is 5.10 Å². The van der Waals surface area contributed by atoms with Gasteiger partial charge in [-0.25, -0.2) is 4.39 Å². The predicted octanol–water partition coefficient (Wildman–Crippen LogP) is 4.64. The zero-order chi connectivity index (χ0) is 19.2. The minimum atomic E-state index is -0.259. The summed E-state index contributed by atoms with van der Waals surface area (Å²) in [4.78, 5) is 15.4. The third kappa shape index (κ3) is 4.98. The van der Waals surface area contributed by atoms with Crippen LogP contribution in [0.4, 0.5) is 4.39 Å². The van der Waals surface area contributed by atoms with Crippen molar-refractivity contribution < 1.29 is 9.18 Å². The summed E-state index contributed by atoms with van der Waals surface area (Å²) < 4.78 is 13.0. The number of carbonyl (C=O) groups excluding carboxylic acids is 1. The van der Waals surface area contributed by atoms with Crippen LogP contribution in [-0.4, -0.2) is 40.9 Å². The Hall–Kier alpha value is -2.60. The van der Waals surface area contributed by atoms with Gasteiger partial charge in [-0.05, 0) is 73.7 Å². The average Bonchev–Trinajstić information content (AvgIpc) is 3.17. The number of carbonyl (C=O) groups is 1. The highest BCUT2D eigenvalue weighted by molar-refractivity contribution is 7.98. The molecule has 1 amide bonds. The zero-order valence-corrected chi connectivity index (χ0v) is 16.2. The first kappa shape index (κ1) is 19.2. The van der Waals surface area contributed by atoms with E-state index in [2.05, 4.69) is 10.2 Å². The monoisotopic (exact) mass is 383 g/mol. The van der Waals surface area contributed by atoms with Gasteiger partial charge in [0.1, 0.15) is 5.82 Å². The van der Waals surface area contributed by atoms with Gasteiger partial charge in [0.15, 0.2) is 0 Å². The summed E-state index contributed by atoms with van der Waals surface area (Å²) in [5.41, 5.74) is 3.37. The van der Waals surface area contributed by atoms with Gasteiger partial charge in [-0.3, -0.25) is 9.89 Å². The van der Waals surface area contributed by atoms with Crippen LogP contribution < -0.4 is 0 Å². The summed E-state index contributed by atoms with van der Waals surface area (Å²) in [6.07, 6.45) is 3.63. The standard InChI is InChI=1S/C21H22FN3OS/c1-25(21(26)16-7-11-19(27-2)12-8-16)13-3-4-18-14-20(24-23-18)15-5-9-17(22)10-6-15/h5-12,14H,3-4,13H2,1-2H3,(H,23,24). The molecule has 27 heavy (non-hydrogen) atoms. The van der Waals surface area contributed by atoms with Crippen molar-refractivity contribution in [1.29, 1.82) is 0 Å². The predicted molar refractivity (Wildman–Crippen MR) is 107 cm³/mol. The van der Waals surface area contributed by atoms with Crippen LogP contribution in [-0.2, 0) is 6.42 Å². The zero-order valence-electron chi connectivity index (χ0n) is 15.4. The number of nitrogens with zero attached hydrogens (tertiary/aromatic N) is 2. The van der Waals surface area contributed by atoms with E-state index in [9.17, 15) is 9.18 Å². The molecular formula is C21H22FN3OS. The summed E-state index contributed by atoms with van der Waals surface area (Å²) in [7, 11) is 1.82. The number of hydrogen-bond acceptors (Lipinski definition) is 3. The van der Waals surface area contributed by atoms with E-state index in [-0.39, 0.29) is 11.7 Å². The molecule has 0 aliphatic heterocycles. The Labute approximate surface area is 162 Å². The van der Waals surface area contributed by atoms with Gasteiger partial charge in [0.25, 0.3) is 5.91 Å². The van der Waals surface area contributed by atoms with Crippen molar-refractivity contribution in [2.45, 2.75) is 17.7 Å². The number of hydrogen-bond donors (Lipinski definition) is 1. The molecular weight excluding hydrogens is 361 g/mol. The molecule has 0 aliphatic rings. The molecule has 0 aliphatic carbocycles. The molecule has 0 radical (unpaired) electrons. The molecule has 0 unspecified atom stereocenters. The van der Waals surface area contributed by atoms with Crippen molar-refractivity contribution in [3.8, 4) is 11.3 Å². The molecule has 0 atom stereocenters. The van der Waals surface area contributed by atoms with Crippen molar-refractivity contribution in [3.05, 3.63) is 71.7 Å². The third-order valence-corrected chi connectivity index (χ3v) is 5.14. The first-order valence-electron chi connectivity index (χ1n) is 8.76. The number of nitrogens with one attached hydrogen (secondary N) is 1. The first-order chi connectivity index (χ1) is 13.1. The lowest BCUT2D eigenvalue weighted by molar-refractivity contribution is 0.0793. The number of aryl methyl sites for hydroxylation is 1. The number of rotatable bonds is 7. The van der Waals surface area contributed by atoms with Crippen LogP contribution in [0, 0.1) is 5.82 Å². The van der Waals surface area contributed by atoms with Crippen molar-refractivity contribution in [2.24, 2.45) is 0 Å². The number of aromatic nitrogens is 2. The molecule has 3 aromatic rings. The van der Waals surface area contributed by atoms with Gasteiger partial charge in [0.2, 0.25) is 0 Å². The second kappa shape index (κ2) is 8.86. The minimum Gasteiger partial charge on any atom is -0.342 e. The molecule has 6 heteroatoms. The maximum absolute atomic E-state index is 13.0. The van der Waals surface area contributed by atoms with Gasteiger partial charge >= 0.3 is 0 Å². The Morgan fingerprint density at radius 2 is 1.85 bits per heavy atom. The molecule has 0 spiro atoms.